The Kier molecular flexibility index (Phi) is 3.67. The Bertz CT molecular complexity index is 408. The van der Waals surface area contributed by atoms with Gasteiger partial charge in [0, 0.05) is 12.1 Å². The Morgan fingerprint density at radius 2 is 2.00 bits per heavy atom. The molecule has 1 aliphatic heterocycles. The maximum Gasteiger partial charge on any atom is 0.0473 e. The lowest BCUT2D eigenvalue weighted by Crippen LogP contribution is -2.36. The summed E-state index contributed by atoms with van der Waals surface area (Å²) in [5.74, 6) is 0. The summed E-state index contributed by atoms with van der Waals surface area (Å²) in [6, 6.07) is 8.24. The standard InChI is InChI=1S/C16H24N2/c1-17-16(15-7-4-10-18-15)14-9-8-12-5-2-3-6-13(12)11-14/h8-9,11,15-18H,2-7,10H2,1H3. The van der Waals surface area contributed by atoms with E-state index < -0.39 is 0 Å². The van der Waals surface area contributed by atoms with Gasteiger partial charge in [-0.15, -0.1) is 0 Å². The van der Waals surface area contributed by atoms with Crippen LogP contribution in [0.15, 0.2) is 18.2 Å². The smallest absolute Gasteiger partial charge is 0.0473 e. The predicted octanol–water partition coefficient (Wildman–Crippen LogP) is 2.58. The minimum absolute atomic E-state index is 0.472. The van der Waals surface area contributed by atoms with E-state index in [1.807, 2.05) is 0 Å². The van der Waals surface area contributed by atoms with Gasteiger partial charge in [-0.25, -0.2) is 0 Å². The zero-order valence-electron chi connectivity index (χ0n) is 11.3. The minimum Gasteiger partial charge on any atom is -0.312 e. The van der Waals surface area contributed by atoms with Crippen molar-refractivity contribution in [2.75, 3.05) is 13.6 Å². The van der Waals surface area contributed by atoms with E-state index in [9.17, 15) is 0 Å². The van der Waals surface area contributed by atoms with Crippen molar-refractivity contribution in [3.05, 3.63) is 34.9 Å². The van der Waals surface area contributed by atoms with Crippen LogP contribution in [0.1, 0.15) is 48.4 Å². The number of fused-ring (bicyclic) bond motifs is 1. The molecule has 0 saturated carbocycles. The molecule has 1 aromatic rings. The number of hydrogen-bond acceptors (Lipinski definition) is 2. The molecule has 2 nitrogen and oxygen atoms in total. The SMILES string of the molecule is CNC(c1ccc2c(c1)CCCC2)C1CCCN1. The lowest BCUT2D eigenvalue weighted by atomic mass is 9.87. The third-order valence-corrected chi connectivity index (χ3v) is 4.54. The molecule has 1 heterocycles. The van der Waals surface area contributed by atoms with Gasteiger partial charge in [-0.3, -0.25) is 0 Å². The first kappa shape index (κ1) is 12.2. The summed E-state index contributed by atoms with van der Waals surface area (Å²) < 4.78 is 0. The van der Waals surface area contributed by atoms with Crippen LogP contribution in [-0.4, -0.2) is 19.6 Å². The maximum absolute atomic E-state index is 3.62. The molecule has 1 saturated heterocycles. The maximum atomic E-state index is 3.62. The summed E-state index contributed by atoms with van der Waals surface area (Å²) in [6.07, 6.45) is 7.89. The molecule has 3 rings (SSSR count). The molecule has 0 spiro atoms. The van der Waals surface area contributed by atoms with Crippen molar-refractivity contribution in [2.45, 2.75) is 50.6 Å². The molecule has 2 atom stereocenters. The predicted molar refractivity (Wildman–Crippen MR) is 75.9 cm³/mol. The second-order valence-corrected chi connectivity index (χ2v) is 5.70. The molecular formula is C16H24N2. The van der Waals surface area contributed by atoms with E-state index in [4.69, 9.17) is 0 Å². The molecule has 18 heavy (non-hydrogen) atoms. The number of nitrogens with one attached hydrogen (secondary N) is 2. The zero-order chi connectivity index (χ0) is 12.4. The molecule has 2 aliphatic rings. The first-order valence-corrected chi connectivity index (χ1v) is 7.41. The van der Waals surface area contributed by atoms with Crippen LogP contribution >= 0.6 is 0 Å². The molecule has 2 unspecified atom stereocenters. The number of rotatable bonds is 3. The average molecular weight is 244 g/mol. The van der Waals surface area contributed by atoms with Crippen molar-refractivity contribution in [1.82, 2.24) is 10.6 Å². The van der Waals surface area contributed by atoms with Gasteiger partial charge in [0.05, 0.1) is 0 Å². The fourth-order valence-corrected chi connectivity index (χ4v) is 3.54. The third-order valence-electron chi connectivity index (χ3n) is 4.54. The van der Waals surface area contributed by atoms with Crippen LogP contribution in [0.2, 0.25) is 0 Å². The summed E-state index contributed by atoms with van der Waals surface area (Å²) in [7, 11) is 2.09. The average Bonchev–Trinajstić information content (AvgIpc) is 2.93. The fraction of sp³-hybridized carbons (Fsp3) is 0.625. The Balaban J connectivity index is 1.85. The summed E-state index contributed by atoms with van der Waals surface area (Å²) in [6.45, 7) is 1.17. The first-order valence-electron chi connectivity index (χ1n) is 7.41. The molecule has 0 radical (unpaired) electrons. The Labute approximate surface area is 110 Å². The molecule has 2 N–H and O–H groups in total. The van der Waals surface area contributed by atoms with Crippen molar-refractivity contribution < 1.29 is 0 Å². The van der Waals surface area contributed by atoms with Crippen LogP contribution in [0.25, 0.3) is 0 Å². The number of benzene rings is 1. The Morgan fingerprint density at radius 1 is 1.17 bits per heavy atom. The largest absolute Gasteiger partial charge is 0.312 e. The van der Waals surface area contributed by atoms with Crippen molar-refractivity contribution in [1.29, 1.82) is 0 Å². The lowest BCUT2D eigenvalue weighted by molar-refractivity contribution is 0.440. The molecule has 0 amide bonds. The van der Waals surface area contributed by atoms with E-state index in [-0.39, 0.29) is 0 Å². The highest BCUT2D eigenvalue weighted by molar-refractivity contribution is 5.35. The van der Waals surface area contributed by atoms with E-state index in [1.165, 1.54) is 50.6 Å². The molecule has 1 fully saturated rings. The van der Waals surface area contributed by atoms with E-state index in [0.717, 1.165) is 0 Å². The lowest BCUT2D eigenvalue weighted by Gasteiger charge is -2.26. The normalized spacial score (nSPS) is 24.8. The van der Waals surface area contributed by atoms with Gasteiger partial charge in [-0.2, -0.15) is 0 Å². The molecular weight excluding hydrogens is 220 g/mol. The number of likely N-dealkylation sites (N-methyl/N-ethyl adjacent to an activating group) is 1. The van der Waals surface area contributed by atoms with Crippen LogP contribution in [0, 0.1) is 0 Å². The highest BCUT2D eigenvalue weighted by Gasteiger charge is 2.25. The van der Waals surface area contributed by atoms with Gasteiger partial charge >= 0.3 is 0 Å². The Hall–Kier alpha value is -0.860. The monoisotopic (exact) mass is 244 g/mol. The van der Waals surface area contributed by atoms with Crippen molar-refractivity contribution in [2.24, 2.45) is 0 Å². The van der Waals surface area contributed by atoms with Gasteiger partial charge in [0.2, 0.25) is 0 Å². The van der Waals surface area contributed by atoms with Gasteiger partial charge < -0.3 is 10.6 Å². The second-order valence-electron chi connectivity index (χ2n) is 5.70. The Morgan fingerprint density at radius 3 is 2.72 bits per heavy atom. The van der Waals surface area contributed by atoms with E-state index in [1.54, 1.807) is 11.1 Å². The highest BCUT2D eigenvalue weighted by Crippen LogP contribution is 2.28. The van der Waals surface area contributed by atoms with Crippen LogP contribution < -0.4 is 10.6 Å². The molecule has 0 bridgehead atoms. The van der Waals surface area contributed by atoms with Crippen molar-refractivity contribution >= 4 is 0 Å². The molecule has 1 aromatic carbocycles. The third kappa shape index (κ3) is 2.32. The van der Waals surface area contributed by atoms with Gasteiger partial charge in [0.25, 0.3) is 0 Å². The van der Waals surface area contributed by atoms with Crippen LogP contribution in [-0.2, 0) is 12.8 Å². The molecule has 2 heteroatoms. The number of aryl methyl sites for hydroxylation is 2. The van der Waals surface area contributed by atoms with Crippen LogP contribution in [0.4, 0.5) is 0 Å². The molecule has 0 aromatic heterocycles. The van der Waals surface area contributed by atoms with Gasteiger partial charge in [-0.05, 0) is 68.8 Å². The van der Waals surface area contributed by atoms with Gasteiger partial charge in [-0.1, -0.05) is 18.2 Å². The summed E-state index contributed by atoms with van der Waals surface area (Å²) in [5.41, 5.74) is 4.65. The van der Waals surface area contributed by atoms with Gasteiger partial charge in [0.1, 0.15) is 0 Å². The molecule has 98 valence electrons. The van der Waals surface area contributed by atoms with E-state index in [0.29, 0.717) is 12.1 Å². The van der Waals surface area contributed by atoms with Crippen molar-refractivity contribution in [3.8, 4) is 0 Å². The zero-order valence-corrected chi connectivity index (χ0v) is 11.3. The summed E-state index contributed by atoms with van der Waals surface area (Å²) in [5, 5.41) is 7.13. The fourth-order valence-electron chi connectivity index (χ4n) is 3.54. The van der Waals surface area contributed by atoms with E-state index >= 15 is 0 Å². The van der Waals surface area contributed by atoms with Crippen LogP contribution in [0.3, 0.4) is 0 Å². The second kappa shape index (κ2) is 5.41. The first-order chi connectivity index (χ1) is 8.88. The topological polar surface area (TPSA) is 24.1 Å². The van der Waals surface area contributed by atoms with Gasteiger partial charge in [0.15, 0.2) is 0 Å². The van der Waals surface area contributed by atoms with E-state index in [2.05, 4.69) is 35.9 Å². The minimum atomic E-state index is 0.472. The quantitative estimate of drug-likeness (QED) is 0.854. The highest BCUT2D eigenvalue weighted by atomic mass is 15.0. The molecule has 1 aliphatic carbocycles. The van der Waals surface area contributed by atoms with Crippen LogP contribution in [0.5, 0.6) is 0 Å². The number of hydrogen-bond donors (Lipinski definition) is 2. The summed E-state index contributed by atoms with van der Waals surface area (Å²) >= 11 is 0. The summed E-state index contributed by atoms with van der Waals surface area (Å²) in [4.78, 5) is 0. The van der Waals surface area contributed by atoms with Crippen molar-refractivity contribution in [3.63, 3.8) is 0 Å².